The number of rotatable bonds is 3. The summed E-state index contributed by atoms with van der Waals surface area (Å²) in [4.78, 5) is 13.7. The zero-order valence-electron chi connectivity index (χ0n) is 17.6. The minimum Gasteiger partial charge on any atom is -0.487 e. The predicted molar refractivity (Wildman–Crippen MR) is 114 cm³/mol. The number of nitrogens with zero attached hydrogens (tertiary/aromatic N) is 1. The van der Waals surface area contributed by atoms with Crippen LogP contribution in [-0.4, -0.2) is 40.8 Å². The molecule has 0 bridgehead atoms. The topological polar surface area (TPSA) is 59.0 Å². The van der Waals surface area contributed by atoms with Crippen LogP contribution in [0.4, 0.5) is 0 Å². The number of benzene rings is 2. The van der Waals surface area contributed by atoms with Crippen LogP contribution in [0.3, 0.4) is 0 Å². The van der Waals surface area contributed by atoms with Crippen molar-refractivity contribution >= 4 is 5.97 Å². The highest BCUT2D eigenvalue weighted by Crippen LogP contribution is 2.52. The molecular weight excluding hydrogens is 378 g/mol. The molecule has 0 spiro atoms. The minimum absolute atomic E-state index is 0.102. The van der Waals surface area contributed by atoms with Gasteiger partial charge in [-0.3, -0.25) is 4.90 Å². The maximum absolute atomic E-state index is 11.3. The van der Waals surface area contributed by atoms with Crippen molar-refractivity contribution in [3.8, 4) is 5.75 Å². The molecule has 3 heterocycles. The van der Waals surface area contributed by atoms with E-state index in [1.165, 1.54) is 5.56 Å². The minimum atomic E-state index is -0.873. The molecule has 5 heteroatoms. The fourth-order valence-electron chi connectivity index (χ4n) is 5.53. The van der Waals surface area contributed by atoms with Crippen molar-refractivity contribution in [3.63, 3.8) is 0 Å². The summed E-state index contributed by atoms with van der Waals surface area (Å²) in [6.07, 6.45) is 2.47. The third kappa shape index (κ3) is 3.50. The Morgan fingerprint density at radius 1 is 1.20 bits per heavy atom. The molecule has 3 aliphatic heterocycles. The van der Waals surface area contributed by atoms with Crippen LogP contribution in [0.5, 0.6) is 5.75 Å². The van der Waals surface area contributed by atoms with E-state index in [1.807, 2.05) is 18.2 Å². The van der Waals surface area contributed by atoms with E-state index in [1.54, 1.807) is 12.1 Å². The molecule has 0 unspecified atom stereocenters. The molecule has 5 nitrogen and oxygen atoms in total. The Balaban J connectivity index is 1.32. The van der Waals surface area contributed by atoms with Gasteiger partial charge in [0.05, 0.1) is 17.8 Å². The van der Waals surface area contributed by atoms with Crippen molar-refractivity contribution in [2.45, 2.75) is 51.0 Å². The highest BCUT2D eigenvalue weighted by molar-refractivity contribution is 5.87. The van der Waals surface area contributed by atoms with E-state index in [9.17, 15) is 9.90 Å². The van der Waals surface area contributed by atoms with Gasteiger partial charge in [0.25, 0.3) is 0 Å². The lowest BCUT2D eigenvalue weighted by Crippen LogP contribution is -2.55. The summed E-state index contributed by atoms with van der Waals surface area (Å²) in [6.45, 7) is 7.09. The lowest BCUT2D eigenvalue weighted by atomic mass is 9.70. The highest BCUT2D eigenvalue weighted by atomic mass is 16.5. The van der Waals surface area contributed by atoms with E-state index in [-0.39, 0.29) is 17.8 Å². The lowest BCUT2D eigenvalue weighted by molar-refractivity contribution is -0.187. The maximum atomic E-state index is 11.3. The second-order valence-electron chi connectivity index (χ2n) is 9.47. The number of likely N-dealkylation sites (tertiary alicyclic amines) is 1. The first-order chi connectivity index (χ1) is 14.4. The number of hydrogen-bond acceptors (Lipinski definition) is 4. The summed E-state index contributed by atoms with van der Waals surface area (Å²) in [7, 11) is 0. The molecule has 0 aliphatic carbocycles. The van der Waals surface area contributed by atoms with Crippen molar-refractivity contribution in [1.82, 2.24) is 4.90 Å². The van der Waals surface area contributed by atoms with Gasteiger partial charge in [0.15, 0.2) is 0 Å². The molecule has 4 atom stereocenters. The van der Waals surface area contributed by atoms with Crippen molar-refractivity contribution in [2.24, 2.45) is 11.8 Å². The quantitative estimate of drug-likeness (QED) is 0.810. The molecule has 2 aromatic rings. The van der Waals surface area contributed by atoms with Gasteiger partial charge in [-0.15, -0.1) is 0 Å². The van der Waals surface area contributed by atoms with E-state index < -0.39 is 5.97 Å². The zero-order chi connectivity index (χ0) is 20.9. The average Bonchev–Trinajstić information content (AvgIpc) is 2.73. The zero-order valence-corrected chi connectivity index (χ0v) is 17.6. The number of aromatic carboxylic acids is 1. The van der Waals surface area contributed by atoms with Crippen LogP contribution in [0.15, 0.2) is 48.5 Å². The van der Waals surface area contributed by atoms with Gasteiger partial charge in [-0.2, -0.15) is 0 Å². The molecule has 0 radical (unpaired) electrons. The van der Waals surface area contributed by atoms with Gasteiger partial charge in [0, 0.05) is 31.1 Å². The Kier molecular flexibility index (Phi) is 4.83. The molecule has 2 aromatic carbocycles. The fourth-order valence-corrected chi connectivity index (χ4v) is 5.53. The number of carboxylic acids is 1. The second kappa shape index (κ2) is 7.40. The molecule has 2 fully saturated rings. The van der Waals surface area contributed by atoms with Crippen molar-refractivity contribution in [2.75, 3.05) is 13.1 Å². The van der Waals surface area contributed by atoms with Crippen molar-refractivity contribution < 1.29 is 19.4 Å². The van der Waals surface area contributed by atoms with Crippen LogP contribution in [0.2, 0.25) is 0 Å². The Bertz CT molecular complexity index is 956. The summed E-state index contributed by atoms with van der Waals surface area (Å²) >= 11 is 0. The summed E-state index contributed by atoms with van der Waals surface area (Å²) in [5.74, 6) is 0.875. The number of piperidine rings is 1. The number of carboxylic acid groups (broad SMARTS) is 1. The molecule has 0 amide bonds. The number of fused-ring (bicyclic) bond motifs is 4. The lowest BCUT2D eigenvalue weighted by Gasteiger charge is -2.53. The molecular formula is C25H29NO4. The second-order valence-corrected chi connectivity index (χ2v) is 9.47. The SMILES string of the molecule is CC1(C)Oc2ccccc2[C@@H]2O[C@@H]3CCN(Cc4cccc(C(=O)O)c4)C[C@@H]3C[C@H]21. The monoisotopic (exact) mass is 407 g/mol. The molecule has 0 saturated carbocycles. The van der Waals surface area contributed by atoms with E-state index in [0.717, 1.165) is 43.8 Å². The van der Waals surface area contributed by atoms with Crippen LogP contribution >= 0.6 is 0 Å². The number of hydrogen-bond donors (Lipinski definition) is 1. The van der Waals surface area contributed by atoms with E-state index in [2.05, 4.69) is 36.9 Å². The summed E-state index contributed by atoms with van der Waals surface area (Å²) in [5, 5.41) is 9.26. The smallest absolute Gasteiger partial charge is 0.335 e. The maximum Gasteiger partial charge on any atom is 0.335 e. The first kappa shape index (κ1) is 19.6. The van der Waals surface area contributed by atoms with Gasteiger partial charge in [-0.25, -0.2) is 4.79 Å². The fraction of sp³-hybridized carbons (Fsp3) is 0.480. The Hall–Kier alpha value is -2.37. The highest BCUT2D eigenvalue weighted by Gasteiger charge is 2.51. The van der Waals surface area contributed by atoms with Gasteiger partial charge in [0.1, 0.15) is 11.4 Å². The normalized spacial score (nSPS) is 29.8. The Morgan fingerprint density at radius 3 is 2.87 bits per heavy atom. The van der Waals surface area contributed by atoms with Gasteiger partial charge in [-0.1, -0.05) is 30.3 Å². The Morgan fingerprint density at radius 2 is 2.03 bits per heavy atom. The van der Waals surface area contributed by atoms with Crippen molar-refractivity contribution in [1.29, 1.82) is 0 Å². The van der Waals surface area contributed by atoms with Crippen LogP contribution in [0, 0.1) is 11.8 Å². The van der Waals surface area contributed by atoms with E-state index in [4.69, 9.17) is 9.47 Å². The number of ether oxygens (including phenoxy) is 2. The third-order valence-corrected chi connectivity index (χ3v) is 7.06. The van der Waals surface area contributed by atoms with Crippen LogP contribution < -0.4 is 4.74 Å². The summed E-state index contributed by atoms with van der Waals surface area (Å²) < 4.78 is 13.1. The van der Waals surface area contributed by atoms with E-state index >= 15 is 0 Å². The molecule has 0 aromatic heterocycles. The van der Waals surface area contributed by atoms with Gasteiger partial charge < -0.3 is 14.6 Å². The standard InChI is InChI=1S/C25H29NO4/c1-25(2)20-13-18-15-26(14-16-6-5-7-17(12-16)24(27)28)11-10-21(18)29-23(20)19-8-3-4-9-22(19)30-25/h3-9,12,18,20-21,23H,10-11,13-15H2,1-2H3,(H,27,28)/t18-,20+,21+,23-/m0/s1. The molecule has 3 aliphatic rings. The van der Waals surface area contributed by atoms with Crippen LogP contribution in [0.1, 0.15) is 54.3 Å². The average molecular weight is 408 g/mol. The summed E-state index contributed by atoms with van der Waals surface area (Å²) in [5.41, 5.74) is 2.33. The largest absolute Gasteiger partial charge is 0.487 e. The van der Waals surface area contributed by atoms with Gasteiger partial charge >= 0.3 is 5.97 Å². The molecule has 30 heavy (non-hydrogen) atoms. The van der Waals surface area contributed by atoms with Crippen LogP contribution in [-0.2, 0) is 11.3 Å². The number of carbonyl (C=O) groups is 1. The first-order valence-corrected chi connectivity index (χ1v) is 10.9. The molecule has 158 valence electrons. The number of para-hydroxylation sites is 1. The van der Waals surface area contributed by atoms with E-state index in [0.29, 0.717) is 17.4 Å². The Labute approximate surface area is 177 Å². The predicted octanol–water partition coefficient (Wildman–Crippen LogP) is 4.52. The molecule has 2 saturated heterocycles. The summed E-state index contributed by atoms with van der Waals surface area (Å²) in [6, 6.07) is 15.6. The van der Waals surface area contributed by atoms with Crippen LogP contribution in [0.25, 0.3) is 0 Å². The molecule has 5 rings (SSSR count). The van der Waals surface area contributed by atoms with Gasteiger partial charge in [-0.05, 0) is 56.4 Å². The van der Waals surface area contributed by atoms with Gasteiger partial charge in [0.2, 0.25) is 0 Å². The third-order valence-electron chi connectivity index (χ3n) is 7.06. The van der Waals surface area contributed by atoms with Crippen molar-refractivity contribution in [3.05, 3.63) is 65.2 Å². The first-order valence-electron chi connectivity index (χ1n) is 10.9. The molecule has 1 N–H and O–H groups in total.